The number of rotatable bonds is 10. The molecular weight excluding hydrogens is 442 g/mol. The molecule has 1 saturated carbocycles. The van der Waals surface area contributed by atoms with E-state index in [9.17, 15) is 4.79 Å². The number of benzene rings is 1. The minimum Gasteiger partial charge on any atom is -0.497 e. The van der Waals surface area contributed by atoms with Gasteiger partial charge >= 0.3 is 0 Å². The largest absolute Gasteiger partial charge is 0.497 e. The molecule has 2 aliphatic rings. The molecule has 1 amide bonds. The molecule has 2 aromatic rings. The molecule has 2 unspecified atom stereocenters. The molecule has 2 atom stereocenters. The van der Waals surface area contributed by atoms with Crippen molar-refractivity contribution in [2.45, 2.75) is 33.1 Å². The Morgan fingerprint density at radius 1 is 1.23 bits per heavy atom. The number of aliphatic hydroxyl groups is 1. The first-order chi connectivity index (χ1) is 17.0. The first-order valence-corrected chi connectivity index (χ1v) is 12.1. The number of aliphatic hydroxyl groups excluding tert-OH is 1. The van der Waals surface area contributed by atoms with Crippen LogP contribution in [0.4, 0.5) is 0 Å². The topological polar surface area (TPSA) is 93.6 Å². The van der Waals surface area contributed by atoms with Gasteiger partial charge < -0.3 is 19.9 Å². The normalized spacial score (nSPS) is 19.1. The smallest absolute Gasteiger partial charge is 0.251 e. The zero-order chi connectivity index (χ0) is 24.8. The number of aryl methyl sites for hydroxylation is 1. The number of nitrogens with zero attached hydrogens (tertiary/aromatic N) is 2. The average Bonchev–Trinajstić information content (AvgIpc) is 3.68. The van der Waals surface area contributed by atoms with E-state index in [0.29, 0.717) is 35.7 Å². The van der Waals surface area contributed by atoms with Gasteiger partial charge in [0.1, 0.15) is 11.6 Å². The van der Waals surface area contributed by atoms with E-state index in [1.807, 2.05) is 19.1 Å². The summed E-state index contributed by atoms with van der Waals surface area (Å²) < 4.78 is 11.7. The Labute approximate surface area is 206 Å². The van der Waals surface area contributed by atoms with Crippen LogP contribution < -0.4 is 10.1 Å². The summed E-state index contributed by atoms with van der Waals surface area (Å²) in [4.78, 5) is 21.0. The second-order valence-corrected chi connectivity index (χ2v) is 8.87. The van der Waals surface area contributed by atoms with Crippen molar-refractivity contribution in [3.05, 3.63) is 77.0 Å². The molecule has 1 heterocycles. The second-order valence-electron chi connectivity index (χ2n) is 8.87. The lowest BCUT2D eigenvalue weighted by molar-refractivity contribution is 0.0945. The lowest BCUT2D eigenvalue weighted by atomic mass is 9.98. The first-order valence-electron chi connectivity index (χ1n) is 12.1. The van der Waals surface area contributed by atoms with Crippen LogP contribution in [0.25, 0.3) is 11.1 Å². The van der Waals surface area contributed by atoms with Crippen LogP contribution in [0.1, 0.15) is 42.4 Å². The van der Waals surface area contributed by atoms with Gasteiger partial charge in [-0.25, -0.2) is 4.98 Å². The minimum absolute atomic E-state index is 0.0918. The number of hydrogen-bond donors (Lipinski definition) is 2. The van der Waals surface area contributed by atoms with Gasteiger partial charge in [-0.05, 0) is 67.5 Å². The third-order valence-corrected chi connectivity index (χ3v) is 6.53. The van der Waals surface area contributed by atoms with Crippen molar-refractivity contribution in [1.82, 2.24) is 15.3 Å². The zero-order valence-corrected chi connectivity index (χ0v) is 20.6. The molecule has 7 heteroatoms. The van der Waals surface area contributed by atoms with Crippen LogP contribution in [0.3, 0.4) is 0 Å². The Balaban J connectivity index is 1.45. The van der Waals surface area contributed by atoms with E-state index in [2.05, 4.69) is 40.4 Å². The van der Waals surface area contributed by atoms with E-state index >= 15 is 0 Å². The Morgan fingerprint density at radius 3 is 2.74 bits per heavy atom. The predicted molar refractivity (Wildman–Crippen MR) is 135 cm³/mol. The van der Waals surface area contributed by atoms with Crippen LogP contribution in [0, 0.1) is 18.8 Å². The highest BCUT2D eigenvalue weighted by atomic mass is 16.5. The van der Waals surface area contributed by atoms with Gasteiger partial charge in [0.2, 0.25) is 5.88 Å². The van der Waals surface area contributed by atoms with E-state index in [-0.39, 0.29) is 19.1 Å². The van der Waals surface area contributed by atoms with E-state index in [1.54, 1.807) is 25.4 Å². The highest BCUT2D eigenvalue weighted by Crippen LogP contribution is 2.47. The van der Waals surface area contributed by atoms with Crippen LogP contribution >= 0.6 is 0 Å². The van der Waals surface area contributed by atoms with Crippen molar-refractivity contribution in [3.8, 4) is 17.0 Å². The van der Waals surface area contributed by atoms with Crippen molar-refractivity contribution >= 4 is 5.91 Å². The summed E-state index contributed by atoms with van der Waals surface area (Å²) in [5, 5.41) is 11.6. The fourth-order valence-corrected chi connectivity index (χ4v) is 4.41. The Morgan fingerprint density at radius 2 is 2.03 bits per heavy atom. The maximum absolute atomic E-state index is 12.1. The molecule has 1 aromatic carbocycles. The summed E-state index contributed by atoms with van der Waals surface area (Å²) in [6, 6.07) is 7.23. The van der Waals surface area contributed by atoms with E-state index in [0.717, 1.165) is 36.1 Å². The lowest BCUT2D eigenvalue weighted by Crippen LogP contribution is -2.26. The molecule has 0 bridgehead atoms. The Hall–Kier alpha value is -3.45. The van der Waals surface area contributed by atoms with Crippen molar-refractivity contribution < 1.29 is 19.4 Å². The molecule has 4 rings (SSSR count). The number of nitrogens with one attached hydrogen (secondary N) is 1. The SMILES string of the molecule is CCC1=C(C2CC2COc2nc(C)ncc2-c2ccc(C(=O)NCCO)cc2)C=CC(OC)=CC1. The summed E-state index contributed by atoms with van der Waals surface area (Å²) in [5.74, 6) is 2.84. The highest BCUT2D eigenvalue weighted by Gasteiger charge is 2.40. The maximum Gasteiger partial charge on any atom is 0.251 e. The third kappa shape index (κ3) is 5.98. The highest BCUT2D eigenvalue weighted by molar-refractivity contribution is 5.94. The zero-order valence-electron chi connectivity index (χ0n) is 20.6. The molecule has 0 aliphatic heterocycles. The standard InChI is InChI=1S/C28H33N3O4/c1-4-19-9-10-23(34-3)11-12-24(19)25-15-22(25)17-35-28-26(16-30-18(2)31-28)20-5-7-21(8-6-20)27(33)29-13-14-32/h5-8,10-12,16,22,25,32H,4,9,13-15,17H2,1-3H3,(H,29,33). The number of carbonyl (C=O) groups is 1. The van der Waals surface area contributed by atoms with Crippen LogP contribution in [0.5, 0.6) is 5.88 Å². The van der Waals surface area contributed by atoms with Gasteiger partial charge in [0.05, 0.1) is 25.9 Å². The molecule has 1 fully saturated rings. The van der Waals surface area contributed by atoms with Gasteiger partial charge in [-0.3, -0.25) is 4.79 Å². The molecule has 0 radical (unpaired) electrons. The van der Waals surface area contributed by atoms with Gasteiger partial charge in [-0.15, -0.1) is 0 Å². The average molecular weight is 476 g/mol. The van der Waals surface area contributed by atoms with Crippen LogP contribution in [0.2, 0.25) is 0 Å². The number of methoxy groups -OCH3 is 1. The summed E-state index contributed by atoms with van der Waals surface area (Å²) >= 11 is 0. The van der Waals surface area contributed by atoms with Crippen LogP contribution in [-0.2, 0) is 4.74 Å². The van der Waals surface area contributed by atoms with Crippen LogP contribution in [-0.4, -0.2) is 47.8 Å². The number of carbonyl (C=O) groups excluding carboxylic acids is 1. The fraction of sp³-hybridized carbons (Fsp3) is 0.393. The first kappa shape index (κ1) is 24.7. The van der Waals surface area contributed by atoms with Gasteiger partial charge in [0.15, 0.2) is 0 Å². The summed E-state index contributed by atoms with van der Waals surface area (Å²) in [6.45, 7) is 4.78. The fourth-order valence-electron chi connectivity index (χ4n) is 4.41. The summed E-state index contributed by atoms with van der Waals surface area (Å²) in [6.07, 6.45) is 11.2. The predicted octanol–water partition coefficient (Wildman–Crippen LogP) is 4.39. The molecule has 0 saturated heterocycles. The van der Waals surface area contributed by atoms with Crippen molar-refractivity contribution in [2.75, 3.05) is 26.9 Å². The van der Waals surface area contributed by atoms with E-state index in [1.165, 1.54) is 11.1 Å². The molecule has 0 spiro atoms. The third-order valence-electron chi connectivity index (χ3n) is 6.53. The van der Waals surface area contributed by atoms with Gasteiger partial charge in [0.25, 0.3) is 5.91 Å². The molecule has 7 nitrogen and oxygen atoms in total. The van der Waals surface area contributed by atoms with Crippen molar-refractivity contribution in [1.29, 1.82) is 0 Å². The van der Waals surface area contributed by atoms with Crippen molar-refractivity contribution in [2.24, 2.45) is 11.8 Å². The quantitative estimate of drug-likeness (QED) is 0.530. The molecule has 1 aromatic heterocycles. The van der Waals surface area contributed by atoms with Crippen molar-refractivity contribution in [3.63, 3.8) is 0 Å². The number of allylic oxidation sites excluding steroid dienone is 5. The Kier molecular flexibility index (Phi) is 7.98. The molecule has 35 heavy (non-hydrogen) atoms. The Bertz CT molecular complexity index is 1150. The molecular formula is C28H33N3O4. The number of aromatic nitrogens is 2. The second kappa shape index (κ2) is 11.3. The minimum atomic E-state index is -0.219. The molecule has 184 valence electrons. The number of hydrogen-bond acceptors (Lipinski definition) is 6. The van der Waals surface area contributed by atoms with Gasteiger partial charge in [-0.1, -0.05) is 30.7 Å². The maximum atomic E-state index is 12.1. The van der Waals surface area contributed by atoms with Crippen LogP contribution in [0.15, 0.2) is 65.6 Å². The monoisotopic (exact) mass is 475 g/mol. The number of amides is 1. The molecule has 2 N–H and O–H groups in total. The molecule has 2 aliphatic carbocycles. The van der Waals surface area contributed by atoms with E-state index < -0.39 is 0 Å². The van der Waals surface area contributed by atoms with Gasteiger partial charge in [0, 0.05) is 24.2 Å². The summed E-state index contributed by atoms with van der Waals surface area (Å²) in [7, 11) is 1.71. The number of ether oxygens (including phenoxy) is 2. The lowest BCUT2D eigenvalue weighted by Gasteiger charge is -2.12. The summed E-state index contributed by atoms with van der Waals surface area (Å²) in [5.41, 5.74) is 5.08. The van der Waals surface area contributed by atoms with E-state index in [4.69, 9.17) is 14.6 Å². The van der Waals surface area contributed by atoms with Gasteiger partial charge in [-0.2, -0.15) is 4.98 Å².